The molecule has 0 saturated heterocycles. The van der Waals surface area contributed by atoms with Gasteiger partial charge in [-0.1, -0.05) is 18.2 Å². The Bertz CT molecular complexity index is 1730. The Morgan fingerprint density at radius 3 is 1.00 bits per heavy atom. The topological polar surface area (TPSA) is 178 Å². The van der Waals surface area contributed by atoms with Crippen molar-refractivity contribution in [3.8, 4) is 68.7 Å². The Morgan fingerprint density at radius 1 is 0.542 bits per heavy atom. The Morgan fingerprint density at radius 2 is 0.792 bits per heavy atom. The van der Waals surface area contributed by atoms with E-state index in [1.807, 2.05) is 0 Å². The molecule has 0 saturated carbocycles. The highest BCUT2D eigenvalue weighted by atomic mass is 16.5. The van der Waals surface area contributed by atoms with Crippen LogP contribution >= 0.6 is 0 Å². The highest BCUT2D eigenvalue weighted by Crippen LogP contribution is 2.43. The molecular weight excluding hydrogens is 618 g/mol. The number of benzene rings is 3. The molecule has 4 aromatic rings. The fraction of sp³-hybridized carbons (Fsp3) is 0.167. The largest absolute Gasteiger partial charge is 0.507 e. The number of phenols is 3. The Balaban J connectivity index is 2.06. The van der Waals surface area contributed by atoms with Gasteiger partial charge in [-0.15, -0.1) is 19.7 Å². The first kappa shape index (κ1) is 34.6. The number of nitrogens with zero attached hydrogens (tertiary/aromatic N) is 3. The molecule has 1 aromatic heterocycles. The number of aromatic hydroxyl groups is 3. The minimum atomic E-state index is -0.594. The number of rotatable bonds is 12. The van der Waals surface area contributed by atoms with Crippen molar-refractivity contribution in [3.05, 3.63) is 91.1 Å². The van der Waals surface area contributed by atoms with E-state index in [0.29, 0.717) is 0 Å². The first-order chi connectivity index (χ1) is 22.9. The summed E-state index contributed by atoms with van der Waals surface area (Å²) < 4.78 is 15.8. The van der Waals surface area contributed by atoms with Crippen molar-refractivity contribution < 1.29 is 43.9 Å². The summed E-state index contributed by atoms with van der Waals surface area (Å²) in [6.45, 7) is 14.8. The maximum absolute atomic E-state index is 11.7. The Labute approximate surface area is 276 Å². The van der Waals surface area contributed by atoms with Gasteiger partial charge in [0, 0.05) is 37.5 Å². The van der Waals surface area contributed by atoms with E-state index in [-0.39, 0.29) is 105 Å². The van der Waals surface area contributed by atoms with Crippen molar-refractivity contribution in [2.24, 2.45) is 0 Å². The summed E-state index contributed by atoms with van der Waals surface area (Å²) in [5, 5.41) is 34.2. The maximum atomic E-state index is 11.7. The van der Waals surface area contributed by atoms with Gasteiger partial charge in [-0.25, -0.2) is 15.0 Å². The maximum Gasteiger partial charge on any atom is 0.308 e. The Kier molecular flexibility index (Phi) is 10.7. The molecule has 0 unspecified atom stereocenters. The van der Waals surface area contributed by atoms with Crippen LogP contribution in [0.3, 0.4) is 0 Å². The summed E-state index contributed by atoms with van der Waals surface area (Å²) in [6.07, 6.45) is 4.93. The monoisotopic (exact) mass is 651 g/mol. The molecule has 0 atom stereocenters. The van der Waals surface area contributed by atoms with Gasteiger partial charge in [0.1, 0.15) is 34.5 Å². The fourth-order valence-electron chi connectivity index (χ4n) is 4.91. The van der Waals surface area contributed by atoms with Gasteiger partial charge in [-0.2, -0.15) is 0 Å². The fourth-order valence-corrected chi connectivity index (χ4v) is 4.91. The van der Waals surface area contributed by atoms with Crippen LogP contribution in [0, 0.1) is 0 Å². The van der Waals surface area contributed by atoms with Gasteiger partial charge in [0.15, 0.2) is 17.5 Å². The van der Waals surface area contributed by atoms with Crippen LogP contribution in [0.1, 0.15) is 37.5 Å². The first-order valence-electron chi connectivity index (χ1n) is 14.6. The van der Waals surface area contributed by atoms with E-state index in [4.69, 9.17) is 14.2 Å². The second-order valence-electron chi connectivity index (χ2n) is 10.4. The summed E-state index contributed by atoms with van der Waals surface area (Å²) in [4.78, 5) is 48.9. The summed E-state index contributed by atoms with van der Waals surface area (Å²) in [5.41, 5.74) is 1.05. The highest BCUT2D eigenvalue weighted by molar-refractivity contribution is 5.80. The minimum absolute atomic E-state index is 0.0744. The van der Waals surface area contributed by atoms with Crippen molar-refractivity contribution in [1.82, 2.24) is 15.0 Å². The number of ether oxygens (including phenoxy) is 3. The standard InChI is InChI=1S/C36H33N3O9/c1-7-10-22-28(46-19(4)40)16-13-25(31(22)43)34-37-35(26-14-17-29(47-20(5)41)23(11-8-2)32(26)44)39-36(38-34)27-15-18-30(48-21(6)42)24(12-9-3)33(27)45/h7-9,13-18,43-45H,1-3,10-12H2,4-6H3. The van der Waals surface area contributed by atoms with Gasteiger partial charge in [0.05, 0.1) is 16.7 Å². The molecule has 3 N–H and O–H groups in total. The lowest BCUT2D eigenvalue weighted by atomic mass is 10.0. The molecular formula is C36H33N3O9. The molecule has 12 heteroatoms. The van der Waals surface area contributed by atoms with Crippen LogP contribution in [0.2, 0.25) is 0 Å². The van der Waals surface area contributed by atoms with Crippen LogP contribution in [-0.4, -0.2) is 48.2 Å². The third-order valence-electron chi connectivity index (χ3n) is 6.88. The molecule has 0 radical (unpaired) electrons. The zero-order chi connectivity index (χ0) is 35.1. The van der Waals surface area contributed by atoms with E-state index in [2.05, 4.69) is 34.7 Å². The molecule has 1 heterocycles. The average Bonchev–Trinajstić information content (AvgIpc) is 3.01. The SMILES string of the molecule is C=CCc1c(OC(C)=O)ccc(-c2nc(-c3ccc(OC(C)=O)c(CC=C)c3O)nc(-c3ccc(OC(C)=O)c(CC=C)c3O)n2)c1O. The molecule has 0 aliphatic rings. The van der Waals surface area contributed by atoms with Crippen molar-refractivity contribution in [2.45, 2.75) is 40.0 Å². The normalized spacial score (nSPS) is 10.6. The van der Waals surface area contributed by atoms with Crippen LogP contribution < -0.4 is 14.2 Å². The van der Waals surface area contributed by atoms with Crippen LogP contribution in [0.25, 0.3) is 34.2 Å². The number of phenolic OH excluding ortho intramolecular Hbond substituents is 3. The van der Waals surface area contributed by atoms with E-state index in [1.54, 1.807) is 0 Å². The summed E-state index contributed by atoms with van der Waals surface area (Å²) in [5.74, 6) is -2.59. The third kappa shape index (κ3) is 7.39. The molecule has 0 fully saturated rings. The van der Waals surface area contributed by atoms with E-state index in [9.17, 15) is 29.7 Å². The zero-order valence-corrected chi connectivity index (χ0v) is 26.6. The second kappa shape index (κ2) is 14.9. The molecule has 48 heavy (non-hydrogen) atoms. The van der Waals surface area contributed by atoms with E-state index >= 15 is 0 Å². The number of aromatic nitrogens is 3. The van der Waals surface area contributed by atoms with Crippen molar-refractivity contribution >= 4 is 17.9 Å². The van der Waals surface area contributed by atoms with E-state index in [1.165, 1.54) is 75.4 Å². The van der Waals surface area contributed by atoms with Crippen molar-refractivity contribution in [1.29, 1.82) is 0 Å². The number of hydrogen-bond donors (Lipinski definition) is 3. The van der Waals surface area contributed by atoms with Gasteiger partial charge < -0.3 is 29.5 Å². The molecule has 246 valence electrons. The molecule has 0 aliphatic heterocycles. The number of allylic oxidation sites excluding steroid dienone is 3. The molecule has 3 aromatic carbocycles. The van der Waals surface area contributed by atoms with E-state index in [0.717, 1.165) is 0 Å². The van der Waals surface area contributed by atoms with Crippen LogP contribution in [-0.2, 0) is 33.6 Å². The lowest BCUT2D eigenvalue weighted by Crippen LogP contribution is -2.07. The van der Waals surface area contributed by atoms with Gasteiger partial charge >= 0.3 is 17.9 Å². The van der Waals surface area contributed by atoms with Gasteiger partial charge in [-0.3, -0.25) is 14.4 Å². The predicted octanol–water partition coefficient (Wildman–Crippen LogP) is 5.95. The van der Waals surface area contributed by atoms with Gasteiger partial charge in [0.25, 0.3) is 0 Å². The molecule has 4 rings (SSSR count). The van der Waals surface area contributed by atoms with Crippen LogP contribution in [0.15, 0.2) is 74.4 Å². The second-order valence-corrected chi connectivity index (χ2v) is 10.4. The van der Waals surface area contributed by atoms with E-state index < -0.39 is 17.9 Å². The summed E-state index contributed by atoms with van der Waals surface area (Å²) in [6, 6.07) is 8.76. The number of hydrogen-bond acceptors (Lipinski definition) is 12. The number of esters is 3. The zero-order valence-electron chi connectivity index (χ0n) is 26.6. The number of carbonyl (C=O) groups is 3. The molecule has 12 nitrogen and oxygen atoms in total. The predicted molar refractivity (Wildman–Crippen MR) is 177 cm³/mol. The van der Waals surface area contributed by atoms with Crippen molar-refractivity contribution in [3.63, 3.8) is 0 Å². The average molecular weight is 652 g/mol. The summed E-state index contributed by atoms with van der Waals surface area (Å²) in [7, 11) is 0. The van der Waals surface area contributed by atoms with Crippen LogP contribution in [0.5, 0.6) is 34.5 Å². The molecule has 0 aliphatic carbocycles. The minimum Gasteiger partial charge on any atom is -0.507 e. The van der Waals surface area contributed by atoms with Gasteiger partial charge in [0.2, 0.25) is 0 Å². The van der Waals surface area contributed by atoms with Crippen molar-refractivity contribution in [2.75, 3.05) is 0 Å². The molecule has 0 spiro atoms. The number of carbonyl (C=O) groups excluding carboxylic acids is 3. The quantitative estimate of drug-likeness (QED) is 0.0933. The lowest BCUT2D eigenvalue weighted by Gasteiger charge is -2.17. The molecule has 0 amide bonds. The van der Waals surface area contributed by atoms with Gasteiger partial charge in [-0.05, 0) is 55.7 Å². The highest BCUT2D eigenvalue weighted by Gasteiger charge is 2.24. The summed E-state index contributed by atoms with van der Waals surface area (Å²) >= 11 is 0. The smallest absolute Gasteiger partial charge is 0.308 e. The third-order valence-corrected chi connectivity index (χ3v) is 6.88. The molecule has 0 bridgehead atoms. The Hall–Kier alpha value is -6.30. The lowest BCUT2D eigenvalue weighted by molar-refractivity contribution is -0.132. The van der Waals surface area contributed by atoms with Crippen LogP contribution in [0.4, 0.5) is 0 Å². The first-order valence-corrected chi connectivity index (χ1v) is 14.6.